The van der Waals surface area contributed by atoms with Crippen LogP contribution in [0.2, 0.25) is 0 Å². The lowest BCUT2D eigenvalue weighted by Gasteiger charge is -2.02. The molecule has 19 heavy (non-hydrogen) atoms. The van der Waals surface area contributed by atoms with Crippen LogP contribution in [0.1, 0.15) is 25.7 Å². The predicted molar refractivity (Wildman–Crippen MR) is 62.4 cm³/mol. The van der Waals surface area contributed by atoms with Crippen molar-refractivity contribution in [2.45, 2.75) is 25.7 Å². The molecule has 0 aromatic heterocycles. The smallest absolute Gasteiger partial charge is 0.313 e. The number of carbonyl (C=O) groups excluding carboxylic acids is 2. The van der Waals surface area contributed by atoms with Crippen LogP contribution in [0.3, 0.4) is 0 Å². The Morgan fingerprint density at radius 3 is 1.37 bits per heavy atom. The Hall–Kier alpha value is -1.04. The van der Waals surface area contributed by atoms with E-state index in [4.69, 9.17) is 9.11 Å². The Morgan fingerprint density at radius 1 is 0.789 bits per heavy atom. The van der Waals surface area contributed by atoms with Gasteiger partial charge in [-0.3, -0.25) is 18.7 Å². The Kier molecular flexibility index (Phi) is 7.11. The summed E-state index contributed by atoms with van der Waals surface area (Å²) < 4.78 is 62.3. The maximum atomic E-state index is 11.0. The zero-order chi connectivity index (χ0) is 15.1. The van der Waals surface area contributed by atoms with Gasteiger partial charge in [0.2, 0.25) is 0 Å². The van der Waals surface area contributed by atoms with Crippen LogP contribution in [0.15, 0.2) is 0 Å². The third-order valence-corrected chi connectivity index (χ3v) is 3.40. The molecule has 0 unspecified atom stereocenters. The summed E-state index contributed by atoms with van der Waals surface area (Å²) in [6, 6.07) is 0. The van der Waals surface area contributed by atoms with E-state index in [0.29, 0.717) is 0 Å². The molecule has 0 rings (SSSR count). The number of esters is 2. The van der Waals surface area contributed by atoms with Gasteiger partial charge >= 0.3 is 11.9 Å². The molecule has 11 heteroatoms. The number of ether oxygens (including phenoxy) is 1. The highest BCUT2D eigenvalue weighted by molar-refractivity contribution is 7.86. The second kappa shape index (κ2) is 7.53. The summed E-state index contributed by atoms with van der Waals surface area (Å²) in [5.74, 6) is -3.20. The molecule has 0 aromatic carbocycles. The average molecular weight is 318 g/mol. The third-order valence-electron chi connectivity index (χ3n) is 1.79. The molecule has 0 bridgehead atoms. The predicted octanol–water partition coefficient (Wildman–Crippen LogP) is -0.608. The van der Waals surface area contributed by atoms with E-state index in [1.54, 1.807) is 0 Å². The van der Waals surface area contributed by atoms with Crippen LogP contribution in [-0.2, 0) is 34.6 Å². The SMILES string of the molecule is O=C(CCCS(=O)(=O)O)OC(=O)CCCS(=O)(=O)O. The summed E-state index contributed by atoms with van der Waals surface area (Å²) in [4.78, 5) is 22.0. The van der Waals surface area contributed by atoms with Crippen molar-refractivity contribution in [2.75, 3.05) is 11.5 Å². The molecule has 112 valence electrons. The van der Waals surface area contributed by atoms with Crippen molar-refractivity contribution in [3.8, 4) is 0 Å². The van der Waals surface area contributed by atoms with Crippen molar-refractivity contribution in [1.29, 1.82) is 0 Å². The first-order valence-electron chi connectivity index (χ1n) is 5.13. The topological polar surface area (TPSA) is 152 Å². The summed E-state index contributed by atoms with van der Waals surface area (Å²) in [7, 11) is -8.33. The van der Waals surface area contributed by atoms with Crippen molar-refractivity contribution in [3.05, 3.63) is 0 Å². The number of rotatable bonds is 8. The molecular formula is C8H14O9S2. The fourth-order valence-electron chi connectivity index (χ4n) is 1.03. The highest BCUT2D eigenvalue weighted by Crippen LogP contribution is 2.01. The molecule has 0 aliphatic rings. The van der Waals surface area contributed by atoms with E-state index in [-0.39, 0.29) is 25.7 Å². The zero-order valence-corrected chi connectivity index (χ0v) is 11.4. The maximum absolute atomic E-state index is 11.0. The average Bonchev–Trinajstić information content (AvgIpc) is 2.12. The fraction of sp³-hybridized carbons (Fsp3) is 0.750. The van der Waals surface area contributed by atoms with E-state index in [1.165, 1.54) is 0 Å². The summed E-state index contributed by atoms with van der Waals surface area (Å²) >= 11 is 0. The van der Waals surface area contributed by atoms with Crippen molar-refractivity contribution >= 4 is 32.2 Å². The molecule has 0 radical (unpaired) electrons. The monoisotopic (exact) mass is 318 g/mol. The third kappa shape index (κ3) is 13.2. The molecule has 0 amide bonds. The minimum Gasteiger partial charge on any atom is -0.393 e. The van der Waals surface area contributed by atoms with E-state index in [1.807, 2.05) is 0 Å². The van der Waals surface area contributed by atoms with Crippen molar-refractivity contribution in [2.24, 2.45) is 0 Å². The molecule has 2 N–H and O–H groups in total. The van der Waals surface area contributed by atoms with Crippen molar-refractivity contribution in [3.63, 3.8) is 0 Å². The quantitative estimate of drug-likeness (QED) is 0.339. The number of carbonyl (C=O) groups is 2. The minimum atomic E-state index is -4.17. The number of hydrogen-bond donors (Lipinski definition) is 2. The first-order chi connectivity index (χ1) is 8.49. The van der Waals surface area contributed by atoms with Crippen LogP contribution >= 0.6 is 0 Å². The molecule has 0 aliphatic carbocycles. The lowest BCUT2D eigenvalue weighted by atomic mass is 10.3. The Labute approximate surface area is 110 Å². The molecule has 0 heterocycles. The van der Waals surface area contributed by atoms with Crippen molar-refractivity contribution < 1.29 is 40.3 Å². The highest BCUT2D eigenvalue weighted by Gasteiger charge is 2.13. The van der Waals surface area contributed by atoms with Gasteiger partial charge in [-0.05, 0) is 12.8 Å². The molecule has 0 aromatic rings. The van der Waals surface area contributed by atoms with Crippen LogP contribution in [0.4, 0.5) is 0 Å². The van der Waals surface area contributed by atoms with Crippen LogP contribution in [0, 0.1) is 0 Å². The fourth-order valence-corrected chi connectivity index (χ4v) is 2.05. The molecule has 0 fully saturated rings. The van der Waals surface area contributed by atoms with Gasteiger partial charge in [0, 0.05) is 12.8 Å². The lowest BCUT2D eigenvalue weighted by Crippen LogP contribution is -2.15. The summed E-state index contributed by atoms with van der Waals surface area (Å²) in [6.45, 7) is 0. The molecule has 9 nitrogen and oxygen atoms in total. The Bertz CT molecular complexity index is 468. The van der Waals surface area contributed by atoms with Crippen LogP contribution in [0.5, 0.6) is 0 Å². The van der Waals surface area contributed by atoms with Crippen LogP contribution < -0.4 is 0 Å². The Morgan fingerprint density at radius 2 is 1.11 bits per heavy atom. The van der Waals surface area contributed by atoms with Crippen LogP contribution in [0.25, 0.3) is 0 Å². The maximum Gasteiger partial charge on any atom is 0.313 e. The van der Waals surface area contributed by atoms with Gasteiger partial charge in [-0.25, -0.2) is 0 Å². The standard InChI is InChI=1S/C8H14O9S2/c9-7(3-1-5-18(11,12)13)17-8(10)4-2-6-19(14,15)16/h1-6H2,(H,11,12,13)(H,14,15,16). The molecule has 0 saturated carbocycles. The van der Waals surface area contributed by atoms with Crippen molar-refractivity contribution in [1.82, 2.24) is 0 Å². The highest BCUT2D eigenvalue weighted by atomic mass is 32.2. The second-order valence-corrected chi connectivity index (χ2v) is 6.77. The van der Waals surface area contributed by atoms with Gasteiger partial charge in [-0.15, -0.1) is 0 Å². The largest absolute Gasteiger partial charge is 0.393 e. The normalized spacial score (nSPS) is 12.1. The molecular weight excluding hydrogens is 304 g/mol. The zero-order valence-electron chi connectivity index (χ0n) is 9.81. The van der Waals surface area contributed by atoms with E-state index < -0.39 is 43.7 Å². The minimum absolute atomic E-state index is 0.198. The van der Waals surface area contributed by atoms with Gasteiger partial charge in [0.1, 0.15) is 0 Å². The van der Waals surface area contributed by atoms with Gasteiger partial charge in [-0.1, -0.05) is 0 Å². The van der Waals surface area contributed by atoms with E-state index in [2.05, 4.69) is 4.74 Å². The van der Waals surface area contributed by atoms with Gasteiger partial charge in [0.25, 0.3) is 20.2 Å². The first-order valence-corrected chi connectivity index (χ1v) is 8.35. The molecule has 0 spiro atoms. The summed E-state index contributed by atoms with van der Waals surface area (Å²) in [5.41, 5.74) is 0. The van der Waals surface area contributed by atoms with Crippen LogP contribution in [-0.4, -0.2) is 49.4 Å². The van der Waals surface area contributed by atoms with E-state index in [9.17, 15) is 26.4 Å². The Balaban J connectivity index is 3.85. The summed E-state index contributed by atoms with van der Waals surface area (Å²) in [6.07, 6.45) is -1.14. The van der Waals surface area contributed by atoms with Gasteiger partial charge < -0.3 is 4.74 Å². The summed E-state index contributed by atoms with van der Waals surface area (Å²) in [5, 5.41) is 0. The second-order valence-electron chi connectivity index (χ2n) is 3.63. The van der Waals surface area contributed by atoms with E-state index in [0.717, 1.165) is 0 Å². The first kappa shape index (κ1) is 18.0. The lowest BCUT2D eigenvalue weighted by molar-refractivity contribution is -0.159. The molecule has 0 saturated heterocycles. The molecule has 0 atom stereocenters. The van der Waals surface area contributed by atoms with Gasteiger partial charge in [0.15, 0.2) is 0 Å². The molecule has 0 aliphatic heterocycles. The number of hydrogen-bond acceptors (Lipinski definition) is 7. The van der Waals surface area contributed by atoms with Gasteiger partial charge in [0.05, 0.1) is 11.5 Å². The van der Waals surface area contributed by atoms with E-state index >= 15 is 0 Å². The van der Waals surface area contributed by atoms with Gasteiger partial charge in [-0.2, -0.15) is 16.8 Å².